The Hall–Kier alpha value is -3.79. The predicted octanol–water partition coefficient (Wildman–Crippen LogP) is 3.72. The quantitative estimate of drug-likeness (QED) is 0.424. The van der Waals surface area contributed by atoms with Gasteiger partial charge in [0.15, 0.2) is 11.4 Å². The predicted molar refractivity (Wildman–Crippen MR) is 96.0 cm³/mol. The summed E-state index contributed by atoms with van der Waals surface area (Å²) >= 11 is 0. The molecule has 1 aromatic heterocycles. The number of nitro benzene ring substituents is 1. The lowest BCUT2D eigenvalue weighted by Gasteiger charge is -2.12. The van der Waals surface area contributed by atoms with Crippen molar-refractivity contribution in [1.82, 2.24) is 4.57 Å². The molecule has 1 N–H and O–H groups in total. The number of ether oxygens (including phenoxy) is 1. The van der Waals surface area contributed by atoms with E-state index in [1.165, 1.54) is 14.0 Å². The summed E-state index contributed by atoms with van der Waals surface area (Å²) in [6, 6.07) is 3.35. The lowest BCUT2D eigenvalue weighted by atomic mass is 10.1. The summed E-state index contributed by atoms with van der Waals surface area (Å²) in [4.78, 5) is 22.7. The minimum Gasteiger partial charge on any atom is -0.493 e. The molecule has 13 heteroatoms. The van der Waals surface area contributed by atoms with Crippen LogP contribution in [0.3, 0.4) is 0 Å². The number of alkyl halides is 3. The van der Waals surface area contributed by atoms with Gasteiger partial charge < -0.3 is 9.84 Å². The molecule has 0 radical (unpaired) electrons. The van der Waals surface area contributed by atoms with Crippen LogP contribution in [0.1, 0.15) is 16.7 Å². The minimum atomic E-state index is -4.80. The van der Waals surface area contributed by atoms with Crippen LogP contribution in [0, 0.1) is 28.4 Å². The summed E-state index contributed by atoms with van der Waals surface area (Å²) < 4.78 is 44.1. The third-order valence-corrected chi connectivity index (χ3v) is 4.05. The molecule has 0 amide bonds. The largest absolute Gasteiger partial charge is 0.493 e. The number of methoxy groups -OCH3 is 1. The molecule has 1 aromatic carbocycles. The lowest BCUT2D eigenvalue weighted by Crippen LogP contribution is -2.23. The molecule has 158 valence electrons. The van der Waals surface area contributed by atoms with E-state index in [4.69, 9.17) is 4.74 Å². The topological polar surface area (TPSA) is 143 Å². The van der Waals surface area contributed by atoms with Crippen LogP contribution in [0.2, 0.25) is 0 Å². The molecule has 2 rings (SSSR count). The van der Waals surface area contributed by atoms with Gasteiger partial charge in [-0.25, -0.2) is 0 Å². The van der Waals surface area contributed by atoms with E-state index in [1.807, 2.05) is 0 Å². The Morgan fingerprint density at radius 1 is 1.37 bits per heavy atom. The van der Waals surface area contributed by atoms with Crippen LogP contribution >= 0.6 is 0 Å². The van der Waals surface area contributed by atoms with E-state index in [-0.39, 0.29) is 24.3 Å². The van der Waals surface area contributed by atoms with Crippen molar-refractivity contribution in [1.29, 1.82) is 5.26 Å². The highest BCUT2D eigenvalue weighted by molar-refractivity contribution is 5.60. The third-order valence-electron chi connectivity index (χ3n) is 4.05. The number of hydrogen-bond acceptors (Lipinski definition) is 8. The van der Waals surface area contributed by atoms with Gasteiger partial charge >= 0.3 is 6.18 Å². The van der Waals surface area contributed by atoms with Gasteiger partial charge in [-0.3, -0.25) is 19.5 Å². The standard InChI is InChI=1S/C17H14F3N5O5/c1-9-11(8-21)15(26)24(5-6-30-2)16(27)14(9)23-22-12-4-3-10(17(18,19)20)7-13(12)25(28)29/h3-4,7,26H,5-6H2,1-2H3. The van der Waals surface area contributed by atoms with Gasteiger partial charge in [0.2, 0.25) is 5.88 Å². The van der Waals surface area contributed by atoms with E-state index in [0.717, 1.165) is 10.6 Å². The fraction of sp³-hybridized carbons (Fsp3) is 0.294. The number of pyridine rings is 1. The van der Waals surface area contributed by atoms with Gasteiger partial charge in [0.25, 0.3) is 11.2 Å². The maximum absolute atomic E-state index is 12.8. The van der Waals surface area contributed by atoms with Gasteiger partial charge in [0.05, 0.1) is 23.6 Å². The molecule has 0 fully saturated rings. The monoisotopic (exact) mass is 425 g/mol. The Bertz CT molecular complexity index is 1120. The van der Waals surface area contributed by atoms with E-state index < -0.39 is 45.2 Å². The normalized spacial score (nSPS) is 11.6. The number of nitrogens with zero attached hydrogens (tertiary/aromatic N) is 5. The maximum atomic E-state index is 12.8. The molecule has 0 spiro atoms. The summed E-state index contributed by atoms with van der Waals surface area (Å²) in [6.07, 6.45) is -4.80. The molecule has 0 aliphatic carbocycles. The number of rotatable bonds is 6. The van der Waals surface area contributed by atoms with Crippen LogP contribution in [0.25, 0.3) is 0 Å². The zero-order valence-electron chi connectivity index (χ0n) is 15.6. The number of azo groups is 1. The lowest BCUT2D eigenvalue weighted by molar-refractivity contribution is -0.384. The van der Waals surface area contributed by atoms with Gasteiger partial charge in [0.1, 0.15) is 11.6 Å². The SMILES string of the molecule is COCCn1c(O)c(C#N)c(C)c(N=Nc2ccc(C(F)(F)F)cc2[N+](=O)[O-])c1=O. The van der Waals surface area contributed by atoms with Crippen molar-refractivity contribution < 1.29 is 27.9 Å². The van der Waals surface area contributed by atoms with Crippen LogP contribution in [0.15, 0.2) is 33.2 Å². The molecular weight excluding hydrogens is 411 g/mol. The van der Waals surface area contributed by atoms with E-state index in [0.29, 0.717) is 12.1 Å². The number of aromatic hydroxyl groups is 1. The van der Waals surface area contributed by atoms with Crippen LogP contribution in [0.4, 0.5) is 30.2 Å². The van der Waals surface area contributed by atoms with Crippen molar-refractivity contribution in [2.75, 3.05) is 13.7 Å². The molecule has 10 nitrogen and oxygen atoms in total. The van der Waals surface area contributed by atoms with Gasteiger partial charge in [-0.2, -0.15) is 18.4 Å². The Balaban J connectivity index is 2.64. The Morgan fingerprint density at radius 2 is 2.03 bits per heavy atom. The second-order valence-corrected chi connectivity index (χ2v) is 5.89. The zero-order chi connectivity index (χ0) is 22.6. The number of halogens is 3. The van der Waals surface area contributed by atoms with Gasteiger partial charge in [0, 0.05) is 18.7 Å². The van der Waals surface area contributed by atoms with E-state index >= 15 is 0 Å². The average molecular weight is 425 g/mol. The van der Waals surface area contributed by atoms with Gasteiger partial charge in [-0.1, -0.05) is 0 Å². The molecule has 1 heterocycles. The fourth-order valence-electron chi connectivity index (χ4n) is 2.48. The molecule has 2 aromatic rings. The highest BCUT2D eigenvalue weighted by atomic mass is 19.4. The Morgan fingerprint density at radius 3 is 2.57 bits per heavy atom. The fourth-order valence-corrected chi connectivity index (χ4v) is 2.48. The number of benzene rings is 1. The first-order chi connectivity index (χ1) is 14.0. The van der Waals surface area contributed by atoms with Crippen LogP contribution in [0.5, 0.6) is 5.88 Å². The molecule has 0 saturated carbocycles. The second-order valence-electron chi connectivity index (χ2n) is 5.89. The van der Waals surface area contributed by atoms with Crippen molar-refractivity contribution in [2.45, 2.75) is 19.6 Å². The van der Waals surface area contributed by atoms with Gasteiger partial charge in [-0.05, 0) is 19.1 Å². The molecule has 0 bridgehead atoms. The summed E-state index contributed by atoms with van der Waals surface area (Å²) in [7, 11) is 1.35. The minimum absolute atomic E-state index is 0.0162. The Labute approximate surface area is 166 Å². The first-order valence-electron chi connectivity index (χ1n) is 8.15. The van der Waals surface area contributed by atoms with Crippen LogP contribution in [-0.4, -0.2) is 28.3 Å². The Kier molecular flexibility index (Phi) is 6.53. The molecule has 0 saturated heterocycles. The van der Waals surface area contributed by atoms with E-state index in [2.05, 4.69) is 10.2 Å². The summed E-state index contributed by atoms with van der Waals surface area (Å²) in [5.74, 6) is -0.614. The average Bonchev–Trinajstić information content (AvgIpc) is 2.67. The first kappa shape index (κ1) is 22.5. The first-order valence-corrected chi connectivity index (χ1v) is 8.15. The molecular formula is C17H14F3N5O5. The molecule has 0 aliphatic rings. The summed E-state index contributed by atoms with van der Waals surface area (Å²) in [5.41, 5.74) is -4.34. The van der Waals surface area contributed by atoms with Crippen molar-refractivity contribution in [2.24, 2.45) is 10.2 Å². The highest BCUT2D eigenvalue weighted by Gasteiger charge is 2.33. The smallest absolute Gasteiger partial charge is 0.416 e. The van der Waals surface area contributed by atoms with Crippen molar-refractivity contribution in [3.05, 3.63) is 55.4 Å². The number of aromatic nitrogens is 1. The van der Waals surface area contributed by atoms with Gasteiger partial charge in [-0.15, -0.1) is 10.2 Å². The highest BCUT2D eigenvalue weighted by Crippen LogP contribution is 2.37. The van der Waals surface area contributed by atoms with Crippen molar-refractivity contribution in [3.63, 3.8) is 0 Å². The second kappa shape index (κ2) is 8.70. The molecule has 0 aliphatic heterocycles. The van der Waals surface area contributed by atoms with Crippen molar-refractivity contribution in [3.8, 4) is 11.9 Å². The number of hydrogen-bond donors (Lipinski definition) is 1. The van der Waals surface area contributed by atoms with Crippen LogP contribution < -0.4 is 5.56 Å². The van der Waals surface area contributed by atoms with E-state index in [9.17, 15) is 38.4 Å². The number of nitriles is 1. The molecule has 0 unspecified atom stereocenters. The zero-order valence-corrected chi connectivity index (χ0v) is 15.6. The summed E-state index contributed by atoms with van der Waals surface area (Å²) in [6.45, 7) is 1.19. The number of nitro groups is 1. The van der Waals surface area contributed by atoms with Crippen molar-refractivity contribution >= 4 is 17.1 Å². The summed E-state index contributed by atoms with van der Waals surface area (Å²) in [5, 5.41) is 37.7. The van der Waals surface area contributed by atoms with E-state index in [1.54, 1.807) is 6.07 Å². The molecule has 0 atom stereocenters. The maximum Gasteiger partial charge on any atom is 0.416 e. The van der Waals surface area contributed by atoms with Crippen LogP contribution in [-0.2, 0) is 17.5 Å². The third kappa shape index (κ3) is 4.44. The molecule has 30 heavy (non-hydrogen) atoms.